The number of hydrogen-bond donors (Lipinski definition) is 3. The second-order valence-electron chi connectivity index (χ2n) is 5.31. The molecule has 0 saturated heterocycles. The Hall–Kier alpha value is -1.52. The van der Waals surface area contributed by atoms with E-state index in [2.05, 4.69) is 10.3 Å². The lowest BCUT2D eigenvalue weighted by Gasteiger charge is -2.15. The Morgan fingerprint density at radius 2 is 2.20 bits per heavy atom. The van der Waals surface area contributed by atoms with Gasteiger partial charge in [0.25, 0.3) is 0 Å². The molecular weight excluding hydrogens is 274 g/mol. The molecule has 0 aliphatic rings. The summed E-state index contributed by atoms with van der Waals surface area (Å²) in [5, 5.41) is 4.68. The lowest BCUT2D eigenvalue weighted by Crippen LogP contribution is -2.44. The first kappa shape index (κ1) is 14.9. The fourth-order valence-corrected chi connectivity index (χ4v) is 2.27. The number of nitrogens with two attached hydrogens (primary N) is 1. The molecule has 4 nitrogen and oxygen atoms in total. The van der Waals surface area contributed by atoms with Gasteiger partial charge in [0.1, 0.15) is 0 Å². The molecule has 0 bridgehead atoms. The van der Waals surface area contributed by atoms with E-state index in [-0.39, 0.29) is 11.8 Å². The van der Waals surface area contributed by atoms with Gasteiger partial charge < -0.3 is 16.0 Å². The summed E-state index contributed by atoms with van der Waals surface area (Å²) in [6, 6.07) is 5.29. The first-order valence-electron chi connectivity index (χ1n) is 6.78. The maximum atomic E-state index is 11.8. The van der Waals surface area contributed by atoms with Gasteiger partial charge in [0, 0.05) is 28.7 Å². The van der Waals surface area contributed by atoms with Crippen molar-refractivity contribution in [2.24, 2.45) is 11.7 Å². The highest BCUT2D eigenvalue weighted by atomic mass is 35.5. The fourth-order valence-electron chi connectivity index (χ4n) is 2.10. The number of carbonyl (C=O) groups excluding carboxylic acids is 1. The van der Waals surface area contributed by atoms with Crippen molar-refractivity contribution >= 4 is 28.4 Å². The standard InChI is InChI=1S/C15H20ClN3O/c1-9(2)14(17)15(20)18-6-5-10-8-19-13-4-3-11(16)7-12(10)13/h3-4,7-9,14,19H,5-6,17H2,1-2H3,(H,18,20)/t14-/m0/s1. The van der Waals surface area contributed by atoms with Crippen molar-refractivity contribution in [3.05, 3.63) is 35.0 Å². The van der Waals surface area contributed by atoms with Gasteiger partial charge in [-0.15, -0.1) is 0 Å². The number of fused-ring (bicyclic) bond motifs is 1. The number of halogens is 1. The Morgan fingerprint density at radius 1 is 1.45 bits per heavy atom. The lowest BCUT2D eigenvalue weighted by molar-refractivity contribution is -0.123. The molecule has 4 N–H and O–H groups in total. The predicted molar refractivity (Wildman–Crippen MR) is 82.8 cm³/mol. The van der Waals surface area contributed by atoms with Gasteiger partial charge >= 0.3 is 0 Å². The van der Waals surface area contributed by atoms with Gasteiger partial charge in [-0.05, 0) is 36.1 Å². The Kier molecular flexibility index (Phi) is 4.68. The molecule has 1 atom stereocenters. The number of benzene rings is 1. The number of hydrogen-bond acceptors (Lipinski definition) is 2. The van der Waals surface area contributed by atoms with E-state index in [1.807, 2.05) is 38.2 Å². The number of H-pyrrole nitrogens is 1. The highest BCUT2D eigenvalue weighted by Gasteiger charge is 2.16. The molecule has 0 aliphatic carbocycles. The molecule has 0 unspecified atom stereocenters. The van der Waals surface area contributed by atoms with Crippen molar-refractivity contribution in [2.75, 3.05) is 6.54 Å². The molecule has 1 aromatic heterocycles. The maximum absolute atomic E-state index is 11.8. The zero-order valence-electron chi connectivity index (χ0n) is 11.7. The topological polar surface area (TPSA) is 70.9 Å². The number of aromatic nitrogens is 1. The van der Waals surface area contributed by atoms with Gasteiger partial charge in [0.2, 0.25) is 5.91 Å². The molecule has 108 valence electrons. The molecule has 0 fully saturated rings. The minimum atomic E-state index is -0.451. The molecule has 0 saturated carbocycles. The summed E-state index contributed by atoms with van der Waals surface area (Å²) in [4.78, 5) is 15.0. The Labute approximate surface area is 123 Å². The average molecular weight is 294 g/mol. The molecule has 1 aromatic carbocycles. The van der Waals surface area contributed by atoms with Crippen LogP contribution in [-0.2, 0) is 11.2 Å². The van der Waals surface area contributed by atoms with Gasteiger partial charge in [-0.25, -0.2) is 0 Å². The van der Waals surface area contributed by atoms with Crippen molar-refractivity contribution in [3.63, 3.8) is 0 Å². The first-order chi connectivity index (χ1) is 9.49. The number of amides is 1. The molecule has 1 heterocycles. The van der Waals surface area contributed by atoms with Crippen LogP contribution in [0.25, 0.3) is 10.9 Å². The Balaban J connectivity index is 1.96. The molecule has 2 aromatic rings. The first-order valence-corrected chi connectivity index (χ1v) is 7.15. The summed E-state index contributed by atoms with van der Waals surface area (Å²) in [7, 11) is 0. The normalized spacial score (nSPS) is 12.8. The van der Waals surface area contributed by atoms with Crippen molar-refractivity contribution in [2.45, 2.75) is 26.3 Å². The molecule has 2 rings (SSSR count). The van der Waals surface area contributed by atoms with E-state index in [4.69, 9.17) is 17.3 Å². The third-order valence-electron chi connectivity index (χ3n) is 3.44. The smallest absolute Gasteiger partial charge is 0.237 e. The molecule has 20 heavy (non-hydrogen) atoms. The van der Waals surface area contributed by atoms with Crippen LogP contribution in [0.5, 0.6) is 0 Å². The van der Waals surface area contributed by atoms with Crippen molar-refractivity contribution < 1.29 is 4.79 Å². The summed E-state index contributed by atoms with van der Waals surface area (Å²) >= 11 is 6.01. The molecule has 1 amide bonds. The van der Waals surface area contributed by atoms with Crippen LogP contribution in [0.3, 0.4) is 0 Å². The maximum Gasteiger partial charge on any atom is 0.237 e. The average Bonchev–Trinajstić information content (AvgIpc) is 2.80. The zero-order valence-corrected chi connectivity index (χ0v) is 12.5. The second-order valence-corrected chi connectivity index (χ2v) is 5.75. The van der Waals surface area contributed by atoms with E-state index in [1.165, 1.54) is 0 Å². The van der Waals surface area contributed by atoms with Crippen molar-refractivity contribution in [1.29, 1.82) is 0 Å². The van der Waals surface area contributed by atoms with Gasteiger partial charge in [-0.1, -0.05) is 25.4 Å². The molecular formula is C15H20ClN3O. The van der Waals surface area contributed by atoms with Crippen LogP contribution in [0.1, 0.15) is 19.4 Å². The van der Waals surface area contributed by atoms with Crippen molar-refractivity contribution in [3.8, 4) is 0 Å². The summed E-state index contributed by atoms with van der Waals surface area (Å²) in [5.41, 5.74) is 7.98. The summed E-state index contributed by atoms with van der Waals surface area (Å²) in [6.07, 6.45) is 2.70. The fraction of sp³-hybridized carbons (Fsp3) is 0.400. The zero-order chi connectivity index (χ0) is 14.7. The minimum Gasteiger partial charge on any atom is -0.361 e. The summed E-state index contributed by atoms with van der Waals surface area (Å²) in [6.45, 7) is 4.44. The minimum absolute atomic E-state index is 0.0992. The van der Waals surface area contributed by atoms with E-state index in [1.54, 1.807) is 0 Å². The Bertz CT molecular complexity index is 606. The number of rotatable bonds is 5. The second kappa shape index (κ2) is 6.29. The highest BCUT2D eigenvalue weighted by Crippen LogP contribution is 2.22. The van der Waals surface area contributed by atoms with Crippen LogP contribution >= 0.6 is 11.6 Å². The van der Waals surface area contributed by atoms with E-state index < -0.39 is 6.04 Å². The predicted octanol–water partition coefficient (Wildman–Crippen LogP) is 2.46. The SMILES string of the molecule is CC(C)[C@H](N)C(=O)NCCc1c[nH]c2ccc(Cl)cc12. The molecule has 5 heteroatoms. The van der Waals surface area contributed by atoms with Gasteiger partial charge in [0.15, 0.2) is 0 Å². The van der Waals surface area contributed by atoms with Gasteiger partial charge in [0.05, 0.1) is 6.04 Å². The Morgan fingerprint density at radius 3 is 2.90 bits per heavy atom. The molecule has 0 aliphatic heterocycles. The molecule has 0 spiro atoms. The summed E-state index contributed by atoms with van der Waals surface area (Å²) in [5.74, 6) is 0.0415. The van der Waals surface area contributed by atoms with E-state index >= 15 is 0 Å². The third-order valence-corrected chi connectivity index (χ3v) is 3.68. The number of carbonyl (C=O) groups is 1. The number of nitrogens with one attached hydrogen (secondary N) is 2. The van der Waals surface area contributed by atoms with Gasteiger partial charge in [-0.2, -0.15) is 0 Å². The van der Waals surface area contributed by atoms with Crippen molar-refractivity contribution in [1.82, 2.24) is 10.3 Å². The van der Waals surface area contributed by atoms with E-state index in [0.29, 0.717) is 11.6 Å². The van der Waals surface area contributed by atoms with Crippen LogP contribution in [0.2, 0.25) is 5.02 Å². The number of aromatic amines is 1. The lowest BCUT2D eigenvalue weighted by atomic mass is 10.0. The van der Waals surface area contributed by atoms with Crippen LogP contribution in [0.4, 0.5) is 0 Å². The quantitative estimate of drug-likeness (QED) is 0.792. The van der Waals surface area contributed by atoms with Crippen LogP contribution in [0.15, 0.2) is 24.4 Å². The van der Waals surface area contributed by atoms with Crippen LogP contribution in [-0.4, -0.2) is 23.5 Å². The third kappa shape index (κ3) is 3.32. The van der Waals surface area contributed by atoms with Crippen LogP contribution in [0, 0.1) is 5.92 Å². The summed E-state index contributed by atoms with van der Waals surface area (Å²) < 4.78 is 0. The van der Waals surface area contributed by atoms with E-state index in [0.717, 1.165) is 22.9 Å². The van der Waals surface area contributed by atoms with E-state index in [9.17, 15) is 4.79 Å². The highest BCUT2D eigenvalue weighted by molar-refractivity contribution is 6.31. The van der Waals surface area contributed by atoms with Crippen LogP contribution < -0.4 is 11.1 Å². The van der Waals surface area contributed by atoms with Gasteiger partial charge in [-0.3, -0.25) is 4.79 Å². The molecule has 0 radical (unpaired) electrons. The largest absolute Gasteiger partial charge is 0.361 e. The monoisotopic (exact) mass is 293 g/mol.